The van der Waals surface area contributed by atoms with Crippen molar-refractivity contribution in [3.63, 3.8) is 0 Å². The van der Waals surface area contributed by atoms with Crippen LogP contribution in [0.1, 0.15) is 52.7 Å². The summed E-state index contributed by atoms with van der Waals surface area (Å²) < 4.78 is 7.30. The summed E-state index contributed by atoms with van der Waals surface area (Å²) >= 11 is 0. The van der Waals surface area contributed by atoms with Gasteiger partial charge in [-0.15, -0.1) is 0 Å². The molecule has 5 nitrogen and oxygen atoms in total. The maximum Gasteiger partial charge on any atom is 0.165 e. The van der Waals surface area contributed by atoms with Gasteiger partial charge in [-0.2, -0.15) is 0 Å². The van der Waals surface area contributed by atoms with Gasteiger partial charge >= 0.3 is 0 Å². The normalized spacial score (nSPS) is 13.2. The van der Waals surface area contributed by atoms with E-state index in [2.05, 4.69) is 219 Å². The molecule has 318 valence electrons. The topological polar surface area (TPSA) is 39.5 Å². The van der Waals surface area contributed by atoms with Crippen LogP contribution in [0.15, 0.2) is 164 Å². The molecule has 0 aliphatic carbocycles. The van der Waals surface area contributed by atoms with Gasteiger partial charge in [-0.1, -0.05) is 139 Å². The van der Waals surface area contributed by atoms with Gasteiger partial charge in [-0.05, 0) is 116 Å². The number of hydrogen-bond acceptors (Lipinski definition) is 2. The highest BCUT2D eigenvalue weighted by atomic mass is 15.1. The molecule has 0 saturated carbocycles. The first kappa shape index (κ1) is 37.2. The lowest BCUT2D eigenvalue weighted by Crippen LogP contribution is -2.11. The van der Waals surface area contributed by atoms with E-state index in [9.17, 15) is 0 Å². The maximum atomic E-state index is 5.92. The number of benzene rings is 9. The van der Waals surface area contributed by atoms with Gasteiger partial charge in [0.15, 0.2) is 11.3 Å². The van der Waals surface area contributed by atoms with Crippen LogP contribution >= 0.6 is 0 Å². The highest BCUT2D eigenvalue weighted by Crippen LogP contribution is 2.49. The van der Waals surface area contributed by atoms with E-state index in [1.54, 1.807) is 0 Å². The molecule has 9 aromatic carbocycles. The molecule has 0 N–H and O–H groups in total. The van der Waals surface area contributed by atoms with E-state index >= 15 is 0 Å². The fourth-order valence-electron chi connectivity index (χ4n) is 11.9. The molecule has 0 bridgehead atoms. The van der Waals surface area contributed by atoms with E-state index in [-0.39, 0.29) is 10.8 Å². The summed E-state index contributed by atoms with van der Waals surface area (Å²) in [4.78, 5) is 11.8. The minimum absolute atomic E-state index is 0.0806. The highest BCUT2D eigenvalue weighted by molar-refractivity contribution is 6.33. The van der Waals surface area contributed by atoms with Crippen molar-refractivity contribution in [1.82, 2.24) is 23.3 Å². The van der Waals surface area contributed by atoms with Crippen molar-refractivity contribution in [3.05, 3.63) is 175 Å². The van der Waals surface area contributed by atoms with Gasteiger partial charge in [0.25, 0.3) is 0 Å². The van der Waals surface area contributed by atoms with Gasteiger partial charge in [0, 0.05) is 54.3 Å². The number of para-hydroxylation sites is 2. The number of rotatable bonds is 2. The Morgan fingerprint density at radius 3 is 1.76 bits per heavy atom. The van der Waals surface area contributed by atoms with Crippen molar-refractivity contribution < 1.29 is 0 Å². The van der Waals surface area contributed by atoms with E-state index in [4.69, 9.17) is 9.97 Å². The summed E-state index contributed by atoms with van der Waals surface area (Å²) in [5, 5.41) is 14.7. The first-order valence-corrected chi connectivity index (χ1v) is 23.6. The average Bonchev–Trinajstić information content (AvgIpc) is 4.12. The largest absolute Gasteiger partial charge is 0.309 e. The lowest BCUT2D eigenvalue weighted by atomic mass is 9.84. The van der Waals surface area contributed by atoms with Crippen molar-refractivity contribution in [1.29, 1.82) is 0 Å². The number of fused-ring (bicyclic) bond motifs is 19. The van der Waals surface area contributed by atoms with Crippen LogP contribution in [-0.2, 0) is 10.8 Å². The summed E-state index contributed by atoms with van der Waals surface area (Å²) in [5.74, 6) is 0. The summed E-state index contributed by atoms with van der Waals surface area (Å²) in [5.41, 5.74) is 16.7. The van der Waals surface area contributed by atoms with E-state index < -0.39 is 0 Å². The van der Waals surface area contributed by atoms with Crippen molar-refractivity contribution in [3.8, 4) is 16.8 Å². The predicted molar refractivity (Wildman–Crippen MR) is 284 cm³/mol. The SMILES string of the molecule is CC(C)(C)c1cc(-c2ccc3c(c2)c2ccccc2n3-c2ccccc2)c2c(c1)c1cc3ccccc3c3c4nc5c(nc4n2c13)c1cc(C(C)(C)C)cc2c3c4ccccc4ccc3n5c12. The zero-order valence-electron chi connectivity index (χ0n) is 38.3. The van der Waals surface area contributed by atoms with Crippen LogP contribution in [0.25, 0.3) is 137 Å². The highest BCUT2D eigenvalue weighted by Gasteiger charge is 2.30. The Kier molecular flexibility index (Phi) is 6.92. The van der Waals surface area contributed by atoms with Crippen LogP contribution in [0.3, 0.4) is 0 Å². The van der Waals surface area contributed by atoms with Crippen LogP contribution in [0, 0.1) is 0 Å². The molecule has 0 fully saturated rings. The molecule has 15 rings (SSSR count). The molecule has 15 aromatic rings. The Balaban J connectivity index is 1.13. The second kappa shape index (κ2) is 12.4. The third-order valence-electron chi connectivity index (χ3n) is 15.1. The second-order valence-electron chi connectivity index (χ2n) is 21.0. The maximum absolute atomic E-state index is 5.92. The van der Waals surface area contributed by atoms with Crippen molar-refractivity contribution in [2.24, 2.45) is 0 Å². The lowest BCUT2D eigenvalue weighted by molar-refractivity contribution is 0.591. The minimum atomic E-state index is -0.0991. The van der Waals surface area contributed by atoms with Crippen LogP contribution in [0.4, 0.5) is 0 Å². The van der Waals surface area contributed by atoms with Crippen LogP contribution in [0.5, 0.6) is 0 Å². The molecule has 0 spiro atoms. The zero-order valence-corrected chi connectivity index (χ0v) is 38.3. The predicted octanol–water partition coefficient (Wildman–Crippen LogP) is 16.4. The fraction of sp³-hybridized carbons (Fsp3) is 0.129. The summed E-state index contributed by atoms with van der Waals surface area (Å²) in [7, 11) is 0. The Bertz CT molecular complexity index is 4620. The van der Waals surface area contributed by atoms with Gasteiger partial charge in [-0.25, -0.2) is 9.97 Å². The third kappa shape index (κ3) is 4.78. The van der Waals surface area contributed by atoms with Crippen molar-refractivity contribution >= 4 is 120 Å². The van der Waals surface area contributed by atoms with Gasteiger partial charge in [0.1, 0.15) is 11.0 Å². The van der Waals surface area contributed by atoms with Gasteiger partial charge in [0.2, 0.25) is 0 Å². The van der Waals surface area contributed by atoms with E-state index in [1.807, 2.05) is 0 Å². The molecule has 0 radical (unpaired) electrons. The molecule has 0 unspecified atom stereocenters. The zero-order chi connectivity index (χ0) is 44.8. The van der Waals surface area contributed by atoms with Crippen molar-refractivity contribution in [2.45, 2.75) is 52.4 Å². The second-order valence-corrected chi connectivity index (χ2v) is 21.0. The van der Waals surface area contributed by atoms with Crippen molar-refractivity contribution in [2.75, 3.05) is 0 Å². The molecule has 0 aliphatic heterocycles. The quantitative estimate of drug-likeness (QED) is 0.174. The Morgan fingerprint density at radius 1 is 0.373 bits per heavy atom. The molecule has 0 saturated heterocycles. The van der Waals surface area contributed by atoms with Gasteiger partial charge in [-0.3, -0.25) is 8.80 Å². The molecule has 0 atom stereocenters. The molecule has 6 aromatic heterocycles. The number of aromatic nitrogens is 5. The molecule has 6 heterocycles. The molecule has 0 amide bonds. The first-order valence-electron chi connectivity index (χ1n) is 23.6. The van der Waals surface area contributed by atoms with Crippen LogP contribution in [-0.4, -0.2) is 23.3 Å². The Morgan fingerprint density at radius 2 is 0.970 bits per heavy atom. The Hall–Kier alpha value is -8.02. The van der Waals surface area contributed by atoms with E-state index in [0.29, 0.717) is 0 Å². The monoisotopic (exact) mass is 859 g/mol. The fourth-order valence-corrected chi connectivity index (χ4v) is 11.9. The van der Waals surface area contributed by atoms with E-state index in [0.717, 1.165) is 38.8 Å². The minimum Gasteiger partial charge on any atom is -0.309 e. The molecule has 67 heavy (non-hydrogen) atoms. The first-order chi connectivity index (χ1) is 32.5. The lowest BCUT2D eigenvalue weighted by Gasteiger charge is -2.21. The summed E-state index contributed by atoms with van der Waals surface area (Å²) in [6.45, 7) is 13.9. The molecule has 5 heteroatoms. The summed E-state index contributed by atoms with van der Waals surface area (Å²) in [6, 6.07) is 61.0. The van der Waals surface area contributed by atoms with Crippen LogP contribution in [0.2, 0.25) is 0 Å². The standard InChI is InChI=1S/C62H45N5/c1-61(2,3)37-30-43(36-25-26-50-44(28-36)42-22-14-15-23-49(42)65(50)39-18-8-7-9-19-39)56-46(31-37)45-29-35-17-11-13-21-41(35)53-55-60(67(56)58(45)53)63-54-48-33-38(62(4,5)6)32-47-52-40-20-12-10-16-34(40)24-27-51(52)66(57(47)48)59(54)64-55/h7-33H,1-6H3. The summed E-state index contributed by atoms with van der Waals surface area (Å²) in [6.07, 6.45) is 0. The molecular formula is C62H45N5. The smallest absolute Gasteiger partial charge is 0.165 e. The van der Waals surface area contributed by atoms with Gasteiger partial charge < -0.3 is 4.57 Å². The molecule has 0 aliphatic rings. The molecular weight excluding hydrogens is 815 g/mol. The average molecular weight is 860 g/mol. The third-order valence-corrected chi connectivity index (χ3v) is 15.1. The van der Waals surface area contributed by atoms with Crippen LogP contribution < -0.4 is 0 Å². The number of hydrogen-bond donors (Lipinski definition) is 0. The number of nitrogens with zero attached hydrogens (tertiary/aromatic N) is 5. The van der Waals surface area contributed by atoms with E-state index in [1.165, 1.54) is 109 Å². The van der Waals surface area contributed by atoms with Gasteiger partial charge in [0.05, 0.1) is 33.1 Å². The Labute approximate surface area is 385 Å².